The van der Waals surface area contributed by atoms with E-state index in [4.69, 9.17) is 19.9 Å². The van der Waals surface area contributed by atoms with Gasteiger partial charge in [-0.25, -0.2) is 0 Å². The van der Waals surface area contributed by atoms with Gasteiger partial charge in [0, 0.05) is 51.4 Å². The van der Waals surface area contributed by atoms with Gasteiger partial charge in [-0.3, -0.25) is 4.79 Å². The van der Waals surface area contributed by atoms with Crippen LogP contribution in [0.3, 0.4) is 0 Å². The van der Waals surface area contributed by atoms with Gasteiger partial charge in [0.2, 0.25) is 0 Å². The standard InChI is InChI=1S/C14H24N2O4/c1-18-10-11-20-9-3-8-19-7-2-6-16-12-13(15)4-5-14(16)17/h4-5,12H,2-3,6-11,15H2,1H3. The number of aromatic nitrogens is 1. The van der Waals surface area contributed by atoms with Gasteiger partial charge in [-0.2, -0.15) is 0 Å². The lowest BCUT2D eigenvalue weighted by atomic mass is 10.4. The molecule has 0 fully saturated rings. The highest BCUT2D eigenvalue weighted by Crippen LogP contribution is 1.97. The highest BCUT2D eigenvalue weighted by molar-refractivity contribution is 5.33. The van der Waals surface area contributed by atoms with Crippen LogP contribution in [0.4, 0.5) is 5.69 Å². The lowest BCUT2D eigenvalue weighted by Crippen LogP contribution is -2.19. The lowest BCUT2D eigenvalue weighted by Gasteiger charge is -2.07. The van der Waals surface area contributed by atoms with E-state index in [0.29, 0.717) is 45.3 Å². The molecule has 114 valence electrons. The number of pyridine rings is 1. The number of nitrogens with zero attached hydrogens (tertiary/aromatic N) is 1. The van der Waals surface area contributed by atoms with Gasteiger partial charge in [-0.05, 0) is 18.9 Å². The maximum Gasteiger partial charge on any atom is 0.250 e. The van der Waals surface area contributed by atoms with Crippen molar-refractivity contribution in [1.29, 1.82) is 0 Å². The van der Waals surface area contributed by atoms with Crippen LogP contribution in [0.15, 0.2) is 23.1 Å². The lowest BCUT2D eigenvalue weighted by molar-refractivity contribution is 0.0506. The molecular weight excluding hydrogens is 260 g/mol. The topological polar surface area (TPSA) is 75.7 Å². The number of anilines is 1. The Morgan fingerprint density at radius 2 is 1.75 bits per heavy atom. The first-order valence-corrected chi connectivity index (χ1v) is 6.84. The van der Waals surface area contributed by atoms with Crippen LogP contribution in [0.25, 0.3) is 0 Å². The largest absolute Gasteiger partial charge is 0.398 e. The first-order valence-electron chi connectivity index (χ1n) is 6.84. The summed E-state index contributed by atoms with van der Waals surface area (Å²) in [6.07, 6.45) is 3.31. The third kappa shape index (κ3) is 7.28. The summed E-state index contributed by atoms with van der Waals surface area (Å²) in [6, 6.07) is 3.09. The molecule has 0 saturated carbocycles. The second-order valence-corrected chi connectivity index (χ2v) is 4.42. The van der Waals surface area contributed by atoms with E-state index >= 15 is 0 Å². The summed E-state index contributed by atoms with van der Waals surface area (Å²) in [5.74, 6) is 0. The minimum Gasteiger partial charge on any atom is -0.398 e. The molecule has 0 aliphatic carbocycles. The van der Waals surface area contributed by atoms with Crippen molar-refractivity contribution in [3.05, 3.63) is 28.7 Å². The average Bonchev–Trinajstić information content (AvgIpc) is 2.44. The molecule has 0 aliphatic heterocycles. The molecule has 1 aromatic heterocycles. The molecule has 0 aromatic carbocycles. The highest BCUT2D eigenvalue weighted by Gasteiger charge is 1.97. The van der Waals surface area contributed by atoms with Crippen molar-refractivity contribution in [2.75, 3.05) is 45.9 Å². The summed E-state index contributed by atoms with van der Waals surface area (Å²) in [5, 5.41) is 0. The number of aryl methyl sites for hydroxylation is 1. The Bertz CT molecular complexity index is 420. The fourth-order valence-electron chi connectivity index (χ4n) is 1.67. The summed E-state index contributed by atoms with van der Waals surface area (Å²) in [4.78, 5) is 11.5. The van der Waals surface area contributed by atoms with E-state index in [1.54, 1.807) is 23.9 Å². The van der Waals surface area contributed by atoms with Crippen LogP contribution >= 0.6 is 0 Å². The van der Waals surface area contributed by atoms with Crippen molar-refractivity contribution < 1.29 is 14.2 Å². The second-order valence-electron chi connectivity index (χ2n) is 4.42. The molecule has 20 heavy (non-hydrogen) atoms. The molecule has 0 unspecified atom stereocenters. The molecule has 1 aromatic rings. The van der Waals surface area contributed by atoms with Crippen molar-refractivity contribution in [2.24, 2.45) is 0 Å². The van der Waals surface area contributed by atoms with Crippen LogP contribution < -0.4 is 11.3 Å². The van der Waals surface area contributed by atoms with Crippen LogP contribution in [-0.4, -0.2) is 44.7 Å². The van der Waals surface area contributed by atoms with Crippen LogP contribution in [0, 0.1) is 0 Å². The molecule has 1 rings (SSSR count). The van der Waals surface area contributed by atoms with Crippen molar-refractivity contribution in [2.45, 2.75) is 19.4 Å². The summed E-state index contributed by atoms with van der Waals surface area (Å²) in [5.41, 5.74) is 6.19. The van der Waals surface area contributed by atoms with Crippen LogP contribution in [-0.2, 0) is 20.8 Å². The molecule has 0 aliphatic rings. The van der Waals surface area contributed by atoms with Crippen molar-refractivity contribution in [3.8, 4) is 0 Å². The minimum atomic E-state index is -0.0363. The number of hydrogen-bond donors (Lipinski definition) is 1. The monoisotopic (exact) mass is 284 g/mol. The normalized spacial score (nSPS) is 10.8. The van der Waals surface area contributed by atoms with Gasteiger partial charge in [0.05, 0.1) is 13.2 Å². The van der Waals surface area contributed by atoms with E-state index in [9.17, 15) is 4.79 Å². The molecule has 2 N–H and O–H groups in total. The fraction of sp³-hybridized carbons (Fsp3) is 0.643. The van der Waals surface area contributed by atoms with Crippen molar-refractivity contribution in [1.82, 2.24) is 4.57 Å². The zero-order chi connectivity index (χ0) is 14.6. The summed E-state index contributed by atoms with van der Waals surface area (Å²) in [6.45, 7) is 3.83. The van der Waals surface area contributed by atoms with Crippen LogP contribution in [0.2, 0.25) is 0 Å². The van der Waals surface area contributed by atoms with E-state index in [2.05, 4.69) is 0 Å². The van der Waals surface area contributed by atoms with Gasteiger partial charge in [-0.1, -0.05) is 0 Å². The van der Waals surface area contributed by atoms with Crippen molar-refractivity contribution >= 4 is 5.69 Å². The Morgan fingerprint density at radius 3 is 2.50 bits per heavy atom. The smallest absolute Gasteiger partial charge is 0.250 e. The Morgan fingerprint density at radius 1 is 1.05 bits per heavy atom. The number of hydrogen-bond acceptors (Lipinski definition) is 5. The summed E-state index contributed by atoms with van der Waals surface area (Å²) >= 11 is 0. The average molecular weight is 284 g/mol. The molecule has 6 nitrogen and oxygen atoms in total. The first-order chi connectivity index (χ1) is 9.74. The Balaban J connectivity index is 1.99. The Labute approximate surface area is 119 Å². The summed E-state index contributed by atoms with van der Waals surface area (Å²) < 4.78 is 17.3. The summed E-state index contributed by atoms with van der Waals surface area (Å²) in [7, 11) is 1.65. The van der Waals surface area contributed by atoms with Gasteiger partial charge < -0.3 is 24.5 Å². The third-order valence-electron chi connectivity index (χ3n) is 2.70. The molecule has 0 radical (unpaired) electrons. The predicted octanol–water partition coefficient (Wildman–Crippen LogP) is 0.890. The van der Waals surface area contributed by atoms with Crippen LogP contribution in [0.5, 0.6) is 0 Å². The fourth-order valence-corrected chi connectivity index (χ4v) is 1.67. The highest BCUT2D eigenvalue weighted by atomic mass is 16.5. The van der Waals surface area contributed by atoms with Gasteiger partial charge in [0.1, 0.15) is 0 Å². The number of nitrogen functional groups attached to an aromatic ring is 1. The molecule has 6 heteroatoms. The maximum atomic E-state index is 11.5. The number of ether oxygens (including phenoxy) is 3. The predicted molar refractivity (Wildman–Crippen MR) is 77.9 cm³/mol. The van der Waals surface area contributed by atoms with E-state index in [-0.39, 0.29) is 5.56 Å². The van der Waals surface area contributed by atoms with Gasteiger partial charge >= 0.3 is 0 Å². The third-order valence-corrected chi connectivity index (χ3v) is 2.70. The number of nitrogens with two attached hydrogens (primary N) is 1. The van der Waals surface area contributed by atoms with E-state index in [1.807, 2.05) is 0 Å². The molecule has 0 spiro atoms. The van der Waals surface area contributed by atoms with E-state index in [1.165, 1.54) is 6.07 Å². The van der Waals surface area contributed by atoms with Gasteiger partial charge in [0.15, 0.2) is 0 Å². The second kappa shape index (κ2) is 10.4. The first kappa shape index (κ1) is 16.7. The van der Waals surface area contributed by atoms with E-state index < -0.39 is 0 Å². The minimum absolute atomic E-state index is 0.0363. The maximum absolute atomic E-state index is 11.5. The molecule has 0 saturated heterocycles. The molecule has 0 atom stereocenters. The Kier molecular flexibility index (Phi) is 8.69. The molecular formula is C14H24N2O4. The zero-order valence-electron chi connectivity index (χ0n) is 12.0. The zero-order valence-corrected chi connectivity index (χ0v) is 12.0. The Hall–Kier alpha value is -1.37. The van der Waals surface area contributed by atoms with Crippen LogP contribution in [0.1, 0.15) is 12.8 Å². The molecule has 1 heterocycles. The molecule has 0 amide bonds. The van der Waals surface area contributed by atoms with E-state index in [0.717, 1.165) is 12.8 Å². The number of methoxy groups -OCH3 is 1. The van der Waals surface area contributed by atoms with Crippen molar-refractivity contribution in [3.63, 3.8) is 0 Å². The SMILES string of the molecule is COCCOCCCOCCCn1cc(N)ccc1=O. The van der Waals surface area contributed by atoms with Gasteiger partial charge in [-0.15, -0.1) is 0 Å². The quantitative estimate of drug-likeness (QED) is 0.611. The van der Waals surface area contributed by atoms with Gasteiger partial charge in [0.25, 0.3) is 5.56 Å². The number of rotatable bonds is 11. The molecule has 0 bridgehead atoms.